The summed E-state index contributed by atoms with van der Waals surface area (Å²) < 4.78 is 38.7. The van der Waals surface area contributed by atoms with Crippen LogP contribution in [0.4, 0.5) is 4.79 Å². The molecule has 0 aliphatic carbocycles. The number of methoxy groups -OCH3 is 1. The van der Waals surface area contributed by atoms with Crippen LogP contribution in [0.15, 0.2) is 83.9 Å². The molecular formula is C33H34N6O6S. The highest BCUT2D eigenvalue weighted by atomic mass is 32.2. The number of rotatable bonds is 11. The van der Waals surface area contributed by atoms with Crippen LogP contribution >= 0.6 is 0 Å². The lowest BCUT2D eigenvalue weighted by Gasteiger charge is -2.22. The third-order valence-electron chi connectivity index (χ3n) is 7.09. The van der Waals surface area contributed by atoms with E-state index in [2.05, 4.69) is 20.3 Å². The number of sulfonamides is 1. The first-order chi connectivity index (χ1) is 22.0. The first-order valence-corrected chi connectivity index (χ1v) is 16.0. The largest absolute Gasteiger partial charge is 0.468 e. The highest BCUT2D eigenvalue weighted by Crippen LogP contribution is 2.26. The van der Waals surface area contributed by atoms with Crippen molar-refractivity contribution in [1.82, 2.24) is 24.6 Å². The second-order valence-electron chi connectivity index (χ2n) is 11.1. The fourth-order valence-corrected chi connectivity index (χ4v) is 6.33. The topological polar surface area (TPSA) is 167 Å². The Hall–Kier alpha value is -5.14. The molecule has 2 aromatic heterocycles. The molecule has 0 saturated carbocycles. The van der Waals surface area contributed by atoms with E-state index in [1.807, 2.05) is 26.0 Å². The van der Waals surface area contributed by atoms with Gasteiger partial charge in [0.1, 0.15) is 23.1 Å². The Kier molecular flexibility index (Phi) is 9.73. The molecule has 1 amide bonds. The summed E-state index contributed by atoms with van der Waals surface area (Å²) in [6.07, 6.45) is 1.33. The van der Waals surface area contributed by atoms with Crippen LogP contribution in [0.2, 0.25) is 0 Å². The fraction of sp³-hybridized carbons (Fsp3) is 0.242. The number of benzene rings is 3. The van der Waals surface area contributed by atoms with Crippen molar-refractivity contribution in [1.29, 1.82) is 5.41 Å². The Morgan fingerprint density at radius 1 is 1.02 bits per heavy atom. The molecule has 3 N–H and O–H groups in total. The summed E-state index contributed by atoms with van der Waals surface area (Å²) in [7, 11) is -2.93. The van der Waals surface area contributed by atoms with E-state index in [0.29, 0.717) is 45.3 Å². The second kappa shape index (κ2) is 13.9. The molecule has 2 heterocycles. The highest BCUT2D eigenvalue weighted by molar-refractivity contribution is 7.89. The number of esters is 1. The van der Waals surface area contributed by atoms with Crippen LogP contribution in [0.3, 0.4) is 0 Å². The normalized spacial score (nSPS) is 11.7. The van der Waals surface area contributed by atoms with E-state index in [-0.39, 0.29) is 29.8 Å². The number of H-pyrrole nitrogens is 1. The Morgan fingerprint density at radius 2 is 1.76 bits per heavy atom. The standard InChI is InChI=1S/C33H34N6O6S/c1-21(2)20-45-33(41)38-32(34)25-12-9-22(10-13-25)17-29-36-26-14-11-23(16-27(26)37-29)18-39(19-30(40)44-3)46(42,43)28-8-4-6-24-7-5-15-35-31(24)28/h4-16,21H,17-20H2,1-3H3,(H,36,37)(H2,34,38,41). The van der Waals surface area contributed by atoms with Gasteiger partial charge in [0.2, 0.25) is 10.0 Å². The molecule has 0 bridgehead atoms. The van der Waals surface area contributed by atoms with E-state index in [9.17, 15) is 18.0 Å². The van der Waals surface area contributed by atoms with Gasteiger partial charge in [-0.1, -0.05) is 62.4 Å². The molecule has 0 aliphatic rings. The summed E-state index contributed by atoms with van der Waals surface area (Å²) in [5.74, 6) is 0.132. The van der Waals surface area contributed by atoms with Gasteiger partial charge in [0, 0.05) is 30.1 Å². The van der Waals surface area contributed by atoms with Gasteiger partial charge in [-0.15, -0.1) is 0 Å². The summed E-state index contributed by atoms with van der Waals surface area (Å²) in [4.78, 5) is 36.4. The van der Waals surface area contributed by atoms with Crippen molar-refractivity contribution in [2.45, 2.75) is 31.7 Å². The summed E-state index contributed by atoms with van der Waals surface area (Å²) in [6.45, 7) is 3.57. The number of pyridine rings is 1. The van der Waals surface area contributed by atoms with Crippen molar-refractivity contribution < 1.29 is 27.5 Å². The van der Waals surface area contributed by atoms with Gasteiger partial charge in [0.15, 0.2) is 0 Å². The summed E-state index contributed by atoms with van der Waals surface area (Å²) in [5.41, 5.74) is 3.83. The van der Waals surface area contributed by atoms with Crippen molar-refractivity contribution in [3.8, 4) is 0 Å². The van der Waals surface area contributed by atoms with Gasteiger partial charge < -0.3 is 14.5 Å². The average Bonchev–Trinajstić information content (AvgIpc) is 3.44. The number of aromatic nitrogens is 3. The molecular weight excluding hydrogens is 608 g/mol. The van der Waals surface area contributed by atoms with Crippen LogP contribution in [0, 0.1) is 11.3 Å². The molecule has 0 fully saturated rings. The molecule has 238 valence electrons. The van der Waals surface area contributed by atoms with Gasteiger partial charge in [-0.2, -0.15) is 4.31 Å². The van der Waals surface area contributed by atoms with Gasteiger partial charge in [-0.05, 0) is 41.3 Å². The van der Waals surface area contributed by atoms with Gasteiger partial charge in [0.05, 0.1) is 30.3 Å². The van der Waals surface area contributed by atoms with E-state index in [4.69, 9.17) is 14.9 Å². The number of aromatic amines is 1. The number of alkyl carbamates (subject to hydrolysis) is 1. The maximum absolute atomic E-state index is 13.9. The van der Waals surface area contributed by atoms with Crippen LogP contribution in [0.5, 0.6) is 0 Å². The first-order valence-electron chi connectivity index (χ1n) is 14.5. The molecule has 0 spiro atoms. The number of carbonyl (C=O) groups is 2. The molecule has 0 aliphatic heterocycles. The van der Waals surface area contributed by atoms with Crippen LogP contribution in [0.25, 0.3) is 21.9 Å². The minimum absolute atomic E-state index is 0.00223. The lowest BCUT2D eigenvalue weighted by Crippen LogP contribution is -2.36. The Morgan fingerprint density at radius 3 is 2.50 bits per heavy atom. The zero-order valence-electron chi connectivity index (χ0n) is 25.6. The highest BCUT2D eigenvalue weighted by Gasteiger charge is 2.29. The lowest BCUT2D eigenvalue weighted by molar-refractivity contribution is -0.140. The molecule has 5 rings (SSSR count). The van der Waals surface area contributed by atoms with E-state index in [1.54, 1.807) is 54.6 Å². The van der Waals surface area contributed by atoms with Crippen molar-refractivity contribution in [2.75, 3.05) is 20.3 Å². The third kappa shape index (κ3) is 7.56. The van der Waals surface area contributed by atoms with Crippen molar-refractivity contribution in [3.05, 3.63) is 102 Å². The van der Waals surface area contributed by atoms with Gasteiger partial charge >= 0.3 is 12.1 Å². The predicted molar refractivity (Wildman–Crippen MR) is 173 cm³/mol. The lowest BCUT2D eigenvalue weighted by atomic mass is 10.1. The number of hydrogen-bond acceptors (Lipinski definition) is 9. The molecule has 0 unspecified atom stereocenters. The number of carbonyl (C=O) groups excluding carboxylic acids is 2. The minimum atomic E-state index is -4.14. The second-order valence-corrected chi connectivity index (χ2v) is 13.0. The number of amides is 1. The number of imidazole rings is 1. The Labute approximate surface area is 266 Å². The molecule has 0 saturated heterocycles. The summed E-state index contributed by atoms with van der Waals surface area (Å²) >= 11 is 0. The molecule has 0 radical (unpaired) electrons. The number of amidine groups is 1. The number of ether oxygens (including phenoxy) is 2. The van der Waals surface area contributed by atoms with Crippen LogP contribution in [0.1, 0.15) is 36.4 Å². The van der Waals surface area contributed by atoms with Crippen LogP contribution < -0.4 is 5.32 Å². The van der Waals surface area contributed by atoms with E-state index in [1.165, 1.54) is 19.4 Å². The molecule has 12 nitrogen and oxygen atoms in total. The number of nitrogens with one attached hydrogen (secondary N) is 3. The SMILES string of the molecule is COC(=O)CN(Cc1ccc2nc(Cc3ccc(C(=N)NC(=O)OCC(C)C)cc3)[nH]c2c1)S(=O)(=O)c1cccc2cccnc12. The van der Waals surface area contributed by atoms with Crippen LogP contribution in [-0.2, 0) is 37.3 Å². The van der Waals surface area contributed by atoms with Crippen molar-refractivity contribution in [3.63, 3.8) is 0 Å². The average molecular weight is 643 g/mol. The number of hydrogen-bond donors (Lipinski definition) is 3. The number of para-hydroxylation sites is 1. The van der Waals surface area contributed by atoms with Crippen LogP contribution in [-0.4, -0.2) is 65.8 Å². The van der Waals surface area contributed by atoms with Crippen molar-refractivity contribution >= 4 is 49.9 Å². The molecule has 3 aromatic carbocycles. The number of fused-ring (bicyclic) bond motifs is 2. The zero-order valence-corrected chi connectivity index (χ0v) is 26.4. The molecule has 13 heteroatoms. The van der Waals surface area contributed by atoms with Gasteiger partial charge in [-0.3, -0.25) is 20.5 Å². The third-order valence-corrected chi connectivity index (χ3v) is 8.91. The van der Waals surface area contributed by atoms with Gasteiger partial charge in [-0.25, -0.2) is 18.2 Å². The first kappa shape index (κ1) is 32.3. The molecule has 0 atom stereocenters. The number of nitrogens with zero attached hydrogens (tertiary/aromatic N) is 3. The Bertz CT molecular complexity index is 2000. The zero-order chi connectivity index (χ0) is 32.8. The maximum atomic E-state index is 13.9. The predicted octanol–water partition coefficient (Wildman–Crippen LogP) is 4.77. The van der Waals surface area contributed by atoms with Crippen molar-refractivity contribution in [2.24, 2.45) is 5.92 Å². The summed E-state index contributed by atoms with van der Waals surface area (Å²) in [6, 6.07) is 21.0. The molecule has 5 aromatic rings. The summed E-state index contributed by atoms with van der Waals surface area (Å²) in [5, 5.41) is 11.2. The van der Waals surface area contributed by atoms with E-state index >= 15 is 0 Å². The Balaban J connectivity index is 1.32. The van der Waals surface area contributed by atoms with E-state index < -0.39 is 28.6 Å². The quantitative estimate of drug-likeness (QED) is 0.105. The van der Waals surface area contributed by atoms with E-state index in [0.717, 1.165) is 9.87 Å². The maximum Gasteiger partial charge on any atom is 0.412 e. The smallest absolute Gasteiger partial charge is 0.412 e. The van der Waals surface area contributed by atoms with Gasteiger partial charge in [0.25, 0.3) is 0 Å². The monoisotopic (exact) mass is 642 g/mol. The minimum Gasteiger partial charge on any atom is -0.468 e. The molecule has 46 heavy (non-hydrogen) atoms. The fourth-order valence-electron chi connectivity index (χ4n) is 4.79.